The van der Waals surface area contributed by atoms with Gasteiger partial charge in [-0.1, -0.05) is 63.8 Å². The Hall–Kier alpha value is -3.41. The summed E-state index contributed by atoms with van der Waals surface area (Å²) in [6.07, 6.45) is -4.27. The molecule has 3 aromatic carbocycles. The molecule has 2 N–H and O–H groups in total. The van der Waals surface area contributed by atoms with E-state index in [0.717, 1.165) is 12.1 Å². The Kier molecular flexibility index (Phi) is 8.63. The van der Waals surface area contributed by atoms with E-state index >= 15 is 0 Å². The lowest BCUT2D eigenvalue weighted by atomic mass is 9.85. The van der Waals surface area contributed by atoms with E-state index in [0.29, 0.717) is 35.1 Å². The minimum absolute atomic E-state index is 0.0158. The van der Waals surface area contributed by atoms with Crippen LogP contribution in [0.4, 0.5) is 17.6 Å². The number of hydrogen-bond acceptors (Lipinski definition) is 6. The SMILES string of the molecule is CNCCON=CCNC(=O)c1ccc(C2=NOC(c3cc(Cl)c(F)c(Cl)c3)(C(F)(F)F)C2)c2ccccc12. The highest BCUT2D eigenvalue weighted by molar-refractivity contribution is 6.35. The van der Waals surface area contributed by atoms with Crippen LogP contribution in [0.5, 0.6) is 0 Å². The average Bonchev–Trinajstić information content (AvgIpc) is 3.37. The van der Waals surface area contributed by atoms with Crippen molar-refractivity contribution < 1.29 is 32.0 Å². The topological polar surface area (TPSA) is 84.3 Å². The van der Waals surface area contributed by atoms with Crippen LogP contribution in [-0.4, -0.2) is 50.8 Å². The average molecular weight is 585 g/mol. The number of nitrogens with zero attached hydrogens (tertiary/aromatic N) is 2. The molecule has 13 heteroatoms. The molecule has 1 atom stereocenters. The molecule has 1 aliphatic heterocycles. The Labute approximate surface area is 230 Å². The second-order valence-electron chi connectivity index (χ2n) is 8.53. The van der Waals surface area contributed by atoms with Crippen LogP contribution in [0.25, 0.3) is 10.8 Å². The lowest BCUT2D eigenvalue weighted by Gasteiger charge is -2.29. The first-order valence-electron chi connectivity index (χ1n) is 11.6. The van der Waals surface area contributed by atoms with Crippen LogP contribution in [0.15, 0.2) is 58.8 Å². The number of fused-ring (bicyclic) bond motifs is 1. The van der Waals surface area contributed by atoms with Crippen molar-refractivity contribution in [3.8, 4) is 0 Å². The van der Waals surface area contributed by atoms with Gasteiger partial charge in [0.2, 0.25) is 0 Å². The fourth-order valence-corrected chi connectivity index (χ4v) is 4.60. The zero-order valence-corrected chi connectivity index (χ0v) is 21.9. The minimum atomic E-state index is -4.95. The molecule has 0 spiro atoms. The number of likely N-dealkylation sites (N-methyl/N-ethyl adjacent to an activating group) is 1. The van der Waals surface area contributed by atoms with Crippen molar-refractivity contribution in [3.63, 3.8) is 0 Å². The predicted octanol–water partition coefficient (Wildman–Crippen LogP) is 5.82. The molecule has 0 saturated heterocycles. The number of hydrogen-bond donors (Lipinski definition) is 2. The first-order valence-corrected chi connectivity index (χ1v) is 12.4. The lowest BCUT2D eigenvalue weighted by molar-refractivity contribution is -0.275. The molecule has 0 radical (unpaired) electrons. The fraction of sp³-hybridized carbons (Fsp3) is 0.269. The first kappa shape index (κ1) is 28.6. The van der Waals surface area contributed by atoms with Crippen molar-refractivity contribution >= 4 is 51.8 Å². The summed E-state index contributed by atoms with van der Waals surface area (Å²) in [6.45, 7) is 1.09. The van der Waals surface area contributed by atoms with Crippen LogP contribution in [0.2, 0.25) is 10.0 Å². The maximum absolute atomic E-state index is 14.4. The van der Waals surface area contributed by atoms with E-state index < -0.39 is 45.5 Å². The number of carbonyl (C=O) groups is 1. The maximum Gasteiger partial charge on any atom is 0.435 e. The summed E-state index contributed by atoms with van der Waals surface area (Å²) < 4.78 is 57.2. The van der Waals surface area contributed by atoms with Crippen molar-refractivity contribution in [1.29, 1.82) is 0 Å². The van der Waals surface area contributed by atoms with Gasteiger partial charge in [0, 0.05) is 29.7 Å². The number of benzene rings is 3. The van der Waals surface area contributed by atoms with Gasteiger partial charge in [0.25, 0.3) is 11.5 Å². The number of nitrogens with one attached hydrogen (secondary N) is 2. The third-order valence-electron chi connectivity index (χ3n) is 6.06. The Bertz CT molecular complexity index is 1430. The van der Waals surface area contributed by atoms with Crippen LogP contribution < -0.4 is 10.6 Å². The van der Waals surface area contributed by atoms with Gasteiger partial charge in [-0.15, -0.1) is 0 Å². The van der Waals surface area contributed by atoms with Crippen LogP contribution in [0.3, 0.4) is 0 Å². The molecular weight excluding hydrogens is 563 g/mol. The van der Waals surface area contributed by atoms with Crippen molar-refractivity contribution in [2.45, 2.75) is 18.2 Å². The van der Waals surface area contributed by atoms with Crippen molar-refractivity contribution in [2.24, 2.45) is 10.3 Å². The standard InChI is InChI=1S/C26H22Cl2F4N4O3/c1-33-10-11-38-35-9-8-34-24(37)19-7-6-18(16-4-2-3-5-17(16)19)22-14-25(39-36-22,26(30,31)32)15-12-20(27)23(29)21(28)13-15/h2-7,9,12-13,33H,8,10-11,14H2,1H3,(H,34,37). The summed E-state index contributed by atoms with van der Waals surface area (Å²) in [4.78, 5) is 22.9. The van der Waals surface area contributed by atoms with E-state index in [1.165, 1.54) is 18.3 Å². The van der Waals surface area contributed by atoms with Crippen molar-refractivity contribution in [2.75, 3.05) is 26.7 Å². The third-order valence-corrected chi connectivity index (χ3v) is 6.61. The molecule has 1 aliphatic rings. The van der Waals surface area contributed by atoms with Gasteiger partial charge >= 0.3 is 6.18 Å². The Balaban J connectivity index is 1.62. The molecular formula is C26H22Cl2F4N4O3. The summed E-state index contributed by atoms with van der Waals surface area (Å²) in [5, 5.41) is 13.0. The number of carbonyl (C=O) groups excluding carboxylic acids is 1. The van der Waals surface area contributed by atoms with E-state index in [9.17, 15) is 22.4 Å². The van der Waals surface area contributed by atoms with Gasteiger partial charge in [-0.2, -0.15) is 13.2 Å². The molecule has 206 valence electrons. The van der Waals surface area contributed by atoms with Crippen LogP contribution in [-0.2, 0) is 15.3 Å². The number of rotatable bonds is 9. The largest absolute Gasteiger partial charge is 0.435 e. The van der Waals surface area contributed by atoms with E-state index in [4.69, 9.17) is 32.9 Å². The molecule has 1 amide bonds. The van der Waals surface area contributed by atoms with Crippen LogP contribution in [0, 0.1) is 5.82 Å². The smallest absolute Gasteiger partial charge is 0.395 e. The van der Waals surface area contributed by atoms with E-state index in [1.54, 1.807) is 31.3 Å². The molecule has 1 heterocycles. The molecule has 39 heavy (non-hydrogen) atoms. The van der Waals surface area contributed by atoms with E-state index in [-0.39, 0.29) is 12.3 Å². The minimum Gasteiger partial charge on any atom is -0.395 e. The number of halogens is 6. The fourth-order valence-electron chi connectivity index (χ4n) is 4.11. The number of alkyl halides is 3. The van der Waals surface area contributed by atoms with Crippen molar-refractivity contribution in [1.82, 2.24) is 10.6 Å². The summed E-state index contributed by atoms with van der Waals surface area (Å²) in [6, 6.07) is 11.4. The second kappa shape index (κ2) is 11.8. The van der Waals surface area contributed by atoms with Crippen LogP contribution >= 0.6 is 23.2 Å². The molecule has 3 aromatic rings. The monoisotopic (exact) mass is 584 g/mol. The van der Waals surface area contributed by atoms with Gasteiger partial charge in [-0.05, 0) is 36.0 Å². The number of amides is 1. The van der Waals surface area contributed by atoms with Gasteiger partial charge in [0.05, 0.1) is 28.5 Å². The van der Waals surface area contributed by atoms with Crippen LogP contribution in [0.1, 0.15) is 27.9 Å². The summed E-state index contributed by atoms with van der Waals surface area (Å²) >= 11 is 11.6. The zero-order chi connectivity index (χ0) is 28.2. The summed E-state index contributed by atoms with van der Waals surface area (Å²) in [7, 11) is 1.78. The quantitative estimate of drug-likeness (QED) is 0.109. The summed E-state index contributed by atoms with van der Waals surface area (Å²) in [5.41, 5.74) is -2.79. The Morgan fingerprint density at radius 1 is 1.18 bits per heavy atom. The molecule has 0 fully saturated rings. The highest BCUT2D eigenvalue weighted by Gasteiger charge is 2.62. The van der Waals surface area contributed by atoms with Gasteiger partial charge < -0.3 is 20.3 Å². The van der Waals surface area contributed by atoms with Gasteiger partial charge in [-0.25, -0.2) is 4.39 Å². The normalized spacial score (nSPS) is 17.4. The zero-order valence-electron chi connectivity index (χ0n) is 20.4. The first-order chi connectivity index (χ1) is 18.6. The molecule has 0 saturated carbocycles. The molecule has 7 nitrogen and oxygen atoms in total. The lowest BCUT2D eigenvalue weighted by Crippen LogP contribution is -2.42. The van der Waals surface area contributed by atoms with Gasteiger partial charge in [0.15, 0.2) is 5.82 Å². The predicted molar refractivity (Wildman–Crippen MR) is 141 cm³/mol. The van der Waals surface area contributed by atoms with Crippen molar-refractivity contribution in [3.05, 3.63) is 81.1 Å². The molecule has 1 unspecified atom stereocenters. The van der Waals surface area contributed by atoms with Gasteiger partial charge in [0.1, 0.15) is 6.61 Å². The maximum atomic E-state index is 14.4. The van der Waals surface area contributed by atoms with Gasteiger partial charge in [-0.3, -0.25) is 4.79 Å². The van der Waals surface area contributed by atoms with E-state index in [2.05, 4.69) is 20.9 Å². The highest BCUT2D eigenvalue weighted by atomic mass is 35.5. The van der Waals surface area contributed by atoms with E-state index in [1.807, 2.05) is 0 Å². The second-order valence-corrected chi connectivity index (χ2v) is 9.34. The molecule has 0 aromatic heterocycles. The summed E-state index contributed by atoms with van der Waals surface area (Å²) in [5.74, 6) is -1.45. The molecule has 4 rings (SSSR count). The Morgan fingerprint density at radius 3 is 2.54 bits per heavy atom. The molecule has 0 aliphatic carbocycles. The Morgan fingerprint density at radius 2 is 1.87 bits per heavy atom. The highest BCUT2D eigenvalue weighted by Crippen LogP contribution is 2.50. The third kappa shape index (κ3) is 5.80. The number of oxime groups is 2. The molecule has 0 bridgehead atoms.